The van der Waals surface area contributed by atoms with Gasteiger partial charge in [-0.25, -0.2) is 4.21 Å². The average molecular weight is 501 g/mol. The number of aliphatic hydroxyl groups excluding tert-OH is 1. The summed E-state index contributed by atoms with van der Waals surface area (Å²) in [4.78, 5) is 0. The zero-order valence-electron chi connectivity index (χ0n) is 20.9. The van der Waals surface area contributed by atoms with Crippen LogP contribution in [0.15, 0.2) is 36.4 Å². The Labute approximate surface area is 203 Å². The molecule has 0 saturated carbocycles. The van der Waals surface area contributed by atoms with Gasteiger partial charge in [-0.2, -0.15) is 13.2 Å². The summed E-state index contributed by atoms with van der Waals surface area (Å²) in [5.74, 6) is 0.639. The van der Waals surface area contributed by atoms with Gasteiger partial charge in [-0.3, -0.25) is 0 Å². The van der Waals surface area contributed by atoms with Crippen molar-refractivity contribution in [2.75, 3.05) is 6.61 Å². The van der Waals surface area contributed by atoms with Crippen molar-refractivity contribution in [2.45, 2.75) is 78.3 Å². The number of alkyl halides is 3. The molecule has 0 bridgehead atoms. The van der Waals surface area contributed by atoms with Crippen LogP contribution in [0.25, 0.3) is 0 Å². The molecule has 8 heteroatoms. The van der Waals surface area contributed by atoms with Gasteiger partial charge in [-0.05, 0) is 66.5 Å². The molecule has 34 heavy (non-hydrogen) atoms. The first-order valence-electron chi connectivity index (χ1n) is 11.4. The fourth-order valence-corrected chi connectivity index (χ4v) is 4.37. The molecule has 4 nitrogen and oxygen atoms in total. The van der Waals surface area contributed by atoms with E-state index in [0.717, 1.165) is 29.5 Å². The highest BCUT2D eigenvalue weighted by atomic mass is 32.2. The normalized spacial score (nSPS) is 14.6. The fourth-order valence-electron chi connectivity index (χ4n) is 3.93. The van der Waals surface area contributed by atoms with E-state index in [1.165, 1.54) is 6.07 Å². The van der Waals surface area contributed by atoms with Crippen LogP contribution in [-0.2, 0) is 16.5 Å². The number of aliphatic hydroxyl groups is 1. The first kappa shape index (κ1) is 28.2. The van der Waals surface area contributed by atoms with Crippen LogP contribution >= 0.6 is 0 Å². The molecule has 2 aromatic carbocycles. The molecule has 2 atom stereocenters. The molecular formula is C26H35F3O4S. The maximum Gasteiger partial charge on any atom is 0.508 e. The third kappa shape index (κ3) is 6.33. The SMILES string of the molecule is CCC(CC)(c1ccc(OCC(O)C(C)(C)C)c(C)c1)c1ccc(OS(=O)C(F)(F)F)c(C)c1. The number of ether oxygens (including phenoxy) is 1. The Morgan fingerprint density at radius 2 is 1.38 bits per heavy atom. The first-order chi connectivity index (χ1) is 15.7. The maximum absolute atomic E-state index is 12.6. The second kappa shape index (κ2) is 10.7. The second-order valence-corrected chi connectivity index (χ2v) is 10.8. The van der Waals surface area contributed by atoms with E-state index >= 15 is 0 Å². The van der Waals surface area contributed by atoms with Gasteiger partial charge in [0.15, 0.2) is 0 Å². The van der Waals surface area contributed by atoms with Gasteiger partial charge in [0.05, 0.1) is 6.10 Å². The van der Waals surface area contributed by atoms with Crippen molar-refractivity contribution in [3.63, 3.8) is 0 Å². The summed E-state index contributed by atoms with van der Waals surface area (Å²) in [6.45, 7) is 13.8. The fraction of sp³-hybridized carbons (Fsp3) is 0.538. The predicted octanol–water partition coefficient (Wildman–Crippen LogP) is 6.76. The Balaban J connectivity index is 2.36. The van der Waals surface area contributed by atoms with Gasteiger partial charge in [0.2, 0.25) is 0 Å². The number of aryl methyl sites for hydroxylation is 2. The van der Waals surface area contributed by atoms with Gasteiger partial charge in [0.25, 0.3) is 0 Å². The molecule has 0 fully saturated rings. The van der Waals surface area contributed by atoms with Crippen LogP contribution in [0, 0.1) is 19.3 Å². The summed E-state index contributed by atoms with van der Waals surface area (Å²) < 4.78 is 59.8. The highest BCUT2D eigenvalue weighted by Crippen LogP contribution is 2.42. The van der Waals surface area contributed by atoms with Crippen molar-refractivity contribution in [2.24, 2.45) is 5.41 Å². The van der Waals surface area contributed by atoms with Crippen LogP contribution in [0.4, 0.5) is 13.2 Å². The van der Waals surface area contributed by atoms with Crippen LogP contribution in [0.5, 0.6) is 11.5 Å². The average Bonchev–Trinajstić information content (AvgIpc) is 2.74. The van der Waals surface area contributed by atoms with E-state index in [0.29, 0.717) is 11.3 Å². The predicted molar refractivity (Wildman–Crippen MR) is 130 cm³/mol. The highest BCUT2D eigenvalue weighted by molar-refractivity contribution is 7.81. The number of hydrogen-bond donors (Lipinski definition) is 1. The summed E-state index contributed by atoms with van der Waals surface area (Å²) in [7, 11) is 0. The van der Waals surface area contributed by atoms with Crippen LogP contribution in [0.1, 0.15) is 69.7 Å². The smallest absolute Gasteiger partial charge is 0.491 e. The molecule has 190 valence electrons. The van der Waals surface area contributed by atoms with Gasteiger partial charge in [0, 0.05) is 5.41 Å². The Morgan fingerprint density at radius 3 is 1.76 bits per heavy atom. The number of halogens is 3. The van der Waals surface area contributed by atoms with Gasteiger partial charge in [0.1, 0.15) is 18.1 Å². The second-order valence-electron chi connectivity index (χ2n) is 9.71. The largest absolute Gasteiger partial charge is 0.508 e. The minimum atomic E-state index is -4.94. The molecule has 0 saturated heterocycles. The minimum Gasteiger partial charge on any atom is -0.491 e. The number of rotatable bonds is 9. The lowest BCUT2D eigenvalue weighted by Crippen LogP contribution is -2.32. The van der Waals surface area contributed by atoms with E-state index < -0.39 is 22.7 Å². The molecule has 0 aliphatic rings. The maximum atomic E-state index is 12.6. The van der Waals surface area contributed by atoms with Gasteiger partial charge < -0.3 is 14.0 Å². The third-order valence-electron chi connectivity index (χ3n) is 6.41. The Bertz CT molecular complexity index is 1010. The Kier molecular flexibility index (Phi) is 8.86. The molecule has 2 aromatic rings. The van der Waals surface area contributed by atoms with E-state index in [1.54, 1.807) is 19.1 Å². The quantitative estimate of drug-likeness (QED) is 0.413. The third-order valence-corrected chi connectivity index (χ3v) is 7.12. The molecule has 1 N–H and O–H groups in total. The molecule has 0 aliphatic heterocycles. The summed E-state index contributed by atoms with van der Waals surface area (Å²) in [5.41, 5.74) is -2.18. The van der Waals surface area contributed by atoms with Crippen LogP contribution in [-0.4, -0.2) is 27.5 Å². The first-order valence-corrected chi connectivity index (χ1v) is 12.4. The van der Waals surface area contributed by atoms with Gasteiger partial charge in [-0.15, -0.1) is 0 Å². The zero-order valence-corrected chi connectivity index (χ0v) is 21.7. The molecule has 0 radical (unpaired) electrons. The van der Waals surface area contributed by atoms with Crippen molar-refractivity contribution in [1.82, 2.24) is 0 Å². The van der Waals surface area contributed by atoms with Crippen molar-refractivity contribution in [1.29, 1.82) is 0 Å². The molecule has 0 aromatic heterocycles. The van der Waals surface area contributed by atoms with Crippen LogP contribution in [0.3, 0.4) is 0 Å². The highest BCUT2D eigenvalue weighted by Gasteiger charge is 2.40. The summed E-state index contributed by atoms with van der Waals surface area (Å²) in [6, 6.07) is 10.9. The van der Waals surface area contributed by atoms with E-state index in [2.05, 4.69) is 24.1 Å². The number of benzene rings is 2. The molecule has 0 heterocycles. The lowest BCUT2D eigenvalue weighted by molar-refractivity contribution is -0.0437. The van der Waals surface area contributed by atoms with E-state index in [1.807, 2.05) is 39.8 Å². The van der Waals surface area contributed by atoms with Crippen molar-refractivity contribution < 1.29 is 31.4 Å². The lowest BCUT2D eigenvalue weighted by atomic mass is 9.70. The van der Waals surface area contributed by atoms with E-state index in [-0.39, 0.29) is 23.2 Å². The topological polar surface area (TPSA) is 55.8 Å². The molecular weight excluding hydrogens is 465 g/mol. The summed E-state index contributed by atoms with van der Waals surface area (Å²) >= 11 is -3.41. The van der Waals surface area contributed by atoms with Gasteiger partial charge >= 0.3 is 16.6 Å². The Hall–Kier alpha value is -2.06. The summed E-state index contributed by atoms with van der Waals surface area (Å²) in [6.07, 6.45) is 0.923. The standard InChI is InChI=1S/C26H35F3O4S/c1-8-25(9-2,20-11-13-22(18(4)15-20)33-34(31)26(27,28)29)19-10-12-21(17(3)14-19)32-16-23(30)24(5,6)7/h10-15,23,30H,8-9,16H2,1-7H3. The van der Waals surface area contributed by atoms with E-state index in [4.69, 9.17) is 4.74 Å². The van der Waals surface area contributed by atoms with Crippen LogP contribution in [0.2, 0.25) is 0 Å². The molecule has 0 aliphatic carbocycles. The molecule has 0 spiro atoms. The van der Waals surface area contributed by atoms with E-state index in [9.17, 15) is 22.5 Å². The van der Waals surface area contributed by atoms with Crippen molar-refractivity contribution in [3.05, 3.63) is 58.7 Å². The lowest BCUT2D eigenvalue weighted by Gasteiger charge is -2.34. The minimum absolute atomic E-state index is 0.0575. The van der Waals surface area contributed by atoms with Crippen molar-refractivity contribution >= 4 is 11.1 Å². The molecule has 2 rings (SSSR count). The number of hydrogen-bond acceptors (Lipinski definition) is 4. The van der Waals surface area contributed by atoms with Crippen molar-refractivity contribution in [3.8, 4) is 11.5 Å². The molecule has 0 amide bonds. The molecule has 2 unspecified atom stereocenters. The van der Waals surface area contributed by atoms with Gasteiger partial charge in [-0.1, -0.05) is 58.9 Å². The Morgan fingerprint density at radius 1 is 0.912 bits per heavy atom. The summed E-state index contributed by atoms with van der Waals surface area (Å²) in [5, 5.41) is 10.3. The van der Waals surface area contributed by atoms with Crippen LogP contribution < -0.4 is 8.92 Å². The monoisotopic (exact) mass is 500 g/mol. The zero-order chi connectivity index (χ0) is 25.9.